The van der Waals surface area contributed by atoms with Crippen molar-refractivity contribution in [2.45, 2.75) is 0 Å². The number of ether oxygens (including phenoxy) is 1. The minimum Gasteiger partial charge on any atom is -0.466 e. The number of rotatable bonds is 3. The molecule has 0 aromatic heterocycles. The van der Waals surface area contributed by atoms with Crippen LogP contribution in [0.4, 0.5) is 4.39 Å². The summed E-state index contributed by atoms with van der Waals surface area (Å²) in [6, 6.07) is 4.39. The highest BCUT2D eigenvalue weighted by Gasteiger charge is 2.02. The van der Waals surface area contributed by atoms with E-state index in [-0.39, 0.29) is 5.56 Å². The summed E-state index contributed by atoms with van der Waals surface area (Å²) in [4.78, 5) is 21.2. The first-order valence-electron chi connectivity index (χ1n) is 4.19. The quantitative estimate of drug-likeness (QED) is 0.433. The second kappa shape index (κ2) is 5.05. The van der Waals surface area contributed by atoms with Crippen LogP contribution in [0.25, 0.3) is 6.08 Å². The molecule has 0 N–H and O–H groups in total. The average Bonchev–Trinajstić information content (AvgIpc) is 2.26. The monoisotopic (exact) mass is 208 g/mol. The Morgan fingerprint density at radius 3 is 2.73 bits per heavy atom. The Hall–Kier alpha value is -1.97. The molecule has 0 spiro atoms. The van der Waals surface area contributed by atoms with E-state index in [2.05, 4.69) is 4.74 Å². The molecule has 0 fully saturated rings. The van der Waals surface area contributed by atoms with Gasteiger partial charge in [0.05, 0.1) is 12.7 Å². The number of carbonyl (C=O) groups is 2. The summed E-state index contributed by atoms with van der Waals surface area (Å²) in [5.41, 5.74) is 0.519. The van der Waals surface area contributed by atoms with E-state index in [0.29, 0.717) is 5.56 Å². The average molecular weight is 208 g/mol. The fourth-order valence-electron chi connectivity index (χ4n) is 0.997. The third kappa shape index (κ3) is 3.34. The normalized spacial score (nSPS) is 10.3. The van der Waals surface area contributed by atoms with Crippen LogP contribution in [0, 0.1) is 0 Å². The van der Waals surface area contributed by atoms with Gasteiger partial charge < -0.3 is 4.74 Å². The molecule has 0 bridgehead atoms. The largest absolute Gasteiger partial charge is 0.466 e. The molecule has 3 nitrogen and oxygen atoms in total. The molecular weight excluding hydrogens is 199 g/mol. The van der Waals surface area contributed by atoms with Gasteiger partial charge in [-0.15, -0.1) is 0 Å². The van der Waals surface area contributed by atoms with Gasteiger partial charge in [-0.05, 0) is 23.8 Å². The van der Waals surface area contributed by atoms with E-state index in [0.717, 1.165) is 0 Å². The van der Waals surface area contributed by atoms with Gasteiger partial charge in [0.2, 0.25) is 0 Å². The SMILES string of the molecule is COC(=O)C=Cc1cccc(C(=O)F)c1. The van der Waals surface area contributed by atoms with E-state index >= 15 is 0 Å². The fourth-order valence-corrected chi connectivity index (χ4v) is 0.997. The topological polar surface area (TPSA) is 43.4 Å². The molecule has 0 saturated carbocycles. The van der Waals surface area contributed by atoms with Crippen LogP contribution in [-0.4, -0.2) is 19.1 Å². The number of hydrogen-bond acceptors (Lipinski definition) is 3. The lowest BCUT2D eigenvalue weighted by Crippen LogP contribution is -1.94. The Balaban J connectivity index is 2.87. The summed E-state index contributed by atoms with van der Waals surface area (Å²) in [5.74, 6) is -0.507. The highest BCUT2D eigenvalue weighted by molar-refractivity contribution is 5.90. The minimum atomic E-state index is -1.50. The van der Waals surface area contributed by atoms with Crippen molar-refractivity contribution in [2.24, 2.45) is 0 Å². The van der Waals surface area contributed by atoms with Crippen LogP contribution in [0.5, 0.6) is 0 Å². The maximum Gasteiger partial charge on any atom is 0.332 e. The molecule has 0 atom stereocenters. The molecule has 0 heterocycles. The van der Waals surface area contributed by atoms with Crippen LogP contribution < -0.4 is 0 Å². The van der Waals surface area contributed by atoms with Crippen molar-refractivity contribution in [2.75, 3.05) is 7.11 Å². The Morgan fingerprint density at radius 1 is 1.40 bits per heavy atom. The standard InChI is InChI=1S/C11H9FO3/c1-15-10(13)6-5-8-3-2-4-9(7-8)11(12)14/h2-7H,1H3. The molecule has 4 heteroatoms. The molecule has 0 aliphatic rings. The first-order chi connectivity index (χ1) is 7.13. The molecule has 0 unspecified atom stereocenters. The lowest BCUT2D eigenvalue weighted by molar-refractivity contribution is -0.134. The number of esters is 1. The third-order valence-electron chi connectivity index (χ3n) is 1.73. The van der Waals surface area contributed by atoms with Gasteiger partial charge in [0.25, 0.3) is 0 Å². The van der Waals surface area contributed by atoms with Gasteiger partial charge in [0.1, 0.15) is 0 Å². The fraction of sp³-hybridized carbons (Fsp3) is 0.0909. The molecule has 1 aromatic carbocycles. The summed E-state index contributed by atoms with van der Waals surface area (Å²) < 4.78 is 16.7. The maximum atomic E-state index is 12.3. The van der Waals surface area contributed by atoms with Crippen molar-refractivity contribution in [3.05, 3.63) is 41.5 Å². The van der Waals surface area contributed by atoms with Gasteiger partial charge in [-0.3, -0.25) is 4.79 Å². The van der Waals surface area contributed by atoms with Gasteiger partial charge in [0.15, 0.2) is 0 Å². The summed E-state index contributed by atoms with van der Waals surface area (Å²) >= 11 is 0. The van der Waals surface area contributed by atoms with Crippen LogP contribution in [-0.2, 0) is 9.53 Å². The predicted molar refractivity (Wildman–Crippen MR) is 52.9 cm³/mol. The molecule has 1 rings (SSSR count). The number of halogens is 1. The first-order valence-corrected chi connectivity index (χ1v) is 4.19. The van der Waals surface area contributed by atoms with Crippen molar-refractivity contribution in [1.29, 1.82) is 0 Å². The van der Waals surface area contributed by atoms with Gasteiger partial charge in [-0.2, -0.15) is 4.39 Å². The minimum absolute atomic E-state index is 0.0398. The Bertz CT molecular complexity index is 410. The van der Waals surface area contributed by atoms with Crippen LogP contribution in [0.3, 0.4) is 0 Å². The molecule has 0 amide bonds. The van der Waals surface area contributed by atoms with Gasteiger partial charge >= 0.3 is 12.0 Å². The molecule has 78 valence electrons. The summed E-state index contributed by atoms with van der Waals surface area (Å²) in [7, 11) is 1.26. The van der Waals surface area contributed by atoms with E-state index in [1.165, 1.54) is 37.5 Å². The van der Waals surface area contributed by atoms with Gasteiger partial charge in [-0.25, -0.2) is 4.79 Å². The third-order valence-corrected chi connectivity index (χ3v) is 1.73. The molecule has 0 saturated heterocycles. The van der Waals surface area contributed by atoms with Crippen molar-refractivity contribution >= 4 is 18.1 Å². The summed E-state index contributed by atoms with van der Waals surface area (Å²) in [5, 5.41) is 0. The van der Waals surface area contributed by atoms with Crippen molar-refractivity contribution in [3.8, 4) is 0 Å². The number of hydrogen-bond donors (Lipinski definition) is 0. The number of benzene rings is 1. The Kier molecular flexibility index (Phi) is 3.74. The molecule has 15 heavy (non-hydrogen) atoms. The molecule has 0 aliphatic heterocycles. The highest BCUT2D eigenvalue weighted by atomic mass is 19.1. The van der Waals surface area contributed by atoms with E-state index in [9.17, 15) is 14.0 Å². The van der Waals surface area contributed by atoms with Gasteiger partial charge in [-0.1, -0.05) is 12.1 Å². The van der Waals surface area contributed by atoms with E-state index in [1.807, 2.05) is 0 Å². The van der Waals surface area contributed by atoms with Crippen LogP contribution in [0.2, 0.25) is 0 Å². The Morgan fingerprint density at radius 2 is 2.13 bits per heavy atom. The summed E-state index contributed by atoms with van der Waals surface area (Å²) in [6.45, 7) is 0. The lowest BCUT2D eigenvalue weighted by atomic mass is 10.1. The van der Waals surface area contributed by atoms with Crippen molar-refractivity contribution < 1.29 is 18.7 Å². The molecule has 0 aliphatic carbocycles. The molecular formula is C11H9FO3. The van der Waals surface area contributed by atoms with E-state index < -0.39 is 12.0 Å². The zero-order valence-electron chi connectivity index (χ0n) is 8.07. The number of methoxy groups -OCH3 is 1. The molecule has 1 aromatic rings. The second-order valence-corrected chi connectivity index (χ2v) is 2.76. The van der Waals surface area contributed by atoms with Crippen LogP contribution in [0.1, 0.15) is 15.9 Å². The smallest absolute Gasteiger partial charge is 0.332 e. The first kappa shape index (κ1) is 11.1. The highest BCUT2D eigenvalue weighted by Crippen LogP contribution is 2.08. The predicted octanol–water partition coefficient (Wildman–Crippen LogP) is 1.98. The number of carbonyl (C=O) groups excluding carboxylic acids is 2. The van der Waals surface area contributed by atoms with Crippen molar-refractivity contribution in [1.82, 2.24) is 0 Å². The summed E-state index contributed by atoms with van der Waals surface area (Å²) in [6.07, 6.45) is 2.64. The van der Waals surface area contributed by atoms with Crippen LogP contribution in [0.15, 0.2) is 30.3 Å². The van der Waals surface area contributed by atoms with Gasteiger partial charge in [0, 0.05) is 6.08 Å². The molecule has 0 radical (unpaired) electrons. The van der Waals surface area contributed by atoms with Crippen molar-refractivity contribution in [3.63, 3.8) is 0 Å². The van der Waals surface area contributed by atoms with E-state index in [1.54, 1.807) is 6.07 Å². The maximum absolute atomic E-state index is 12.3. The second-order valence-electron chi connectivity index (χ2n) is 2.76. The van der Waals surface area contributed by atoms with E-state index in [4.69, 9.17) is 0 Å². The lowest BCUT2D eigenvalue weighted by Gasteiger charge is -1.95. The Labute approximate surface area is 86.2 Å². The zero-order valence-corrected chi connectivity index (χ0v) is 8.07. The zero-order chi connectivity index (χ0) is 11.3. The van der Waals surface area contributed by atoms with Crippen LogP contribution >= 0.6 is 0 Å².